The summed E-state index contributed by atoms with van der Waals surface area (Å²) in [6.07, 6.45) is 5.54. The van der Waals surface area contributed by atoms with Gasteiger partial charge in [0.25, 0.3) is 20.0 Å². The molecule has 0 aliphatic carbocycles. The van der Waals surface area contributed by atoms with Gasteiger partial charge in [-0.05, 0) is 79.7 Å². The van der Waals surface area contributed by atoms with Gasteiger partial charge in [-0.15, -0.1) is 10.2 Å². The van der Waals surface area contributed by atoms with E-state index >= 15 is 0 Å². The molecule has 3 aromatic heterocycles. The van der Waals surface area contributed by atoms with Gasteiger partial charge in [0.2, 0.25) is 5.95 Å². The molecule has 0 saturated carbocycles. The highest BCUT2D eigenvalue weighted by Crippen LogP contribution is 2.34. The number of aromatic nitrogens is 6. The predicted octanol–water partition coefficient (Wildman–Crippen LogP) is 5.52. The fraction of sp³-hybridized carbons (Fsp3) is 0.0333. The Morgan fingerprint density at radius 2 is 1.34 bits per heavy atom. The van der Waals surface area contributed by atoms with Crippen LogP contribution < -0.4 is 14.8 Å². The van der Waals surface area contributed by atoms with Crippen LogP contribution in [-0.4, -0.2) is 46.6 Å². The topological polar surface area (TPSA) is 198 Å². The van der Waals surface area contributed by atoms with Crippen LogP contribution in [0.3, 0.4) is 0 Å². The van der Waals surface area contributed by atoms with E-state index in [-0.39, 0.29) is 21.6 Å². The number of nitrogens with one attached hydrogen (secondary N) is 3. The van der Waals surface area contributed by atoms with Crippen molar-refractivity contribution in [1.29, 1.82) is 0 Å². The summed E-state index contributed by atoms with van der Waals surface area (Å²) in [6, 6.07) is 24.4. The minimum absolute atomic E-state index is 0.00274. The highest BCUT2D eigenvalue weighted by Gasteiger charge is 2.19. The van der Waals surface area contributed by atoms with Gasteiger partial charge >= 0.3 is 0 Å². The highest BCUT2D eigenvalue weighted by atomic mass is 32.2. The predicted molar refractivity (Wildman–Crippen MR) is 174 cm³/mol. The average molecular weight is 668 g/mol. The summed E-state index contributed by atoms with van der Waals surface area (Å²) in [5, 5.41) is 16.7. The first-order valence-corrected chi connectivity index (χ1v) is 16.8. The first-order valence-electron chi connectivity index (χ1n) is 13.8. The third kappa shape index (κ3) is 7.26. The molecule has 0 saturated heterocycles. The van der Waals surface area contributed by atoms with Crippen LogP contribution >= 0.6 is 0 Å². The summed E-state index contributed by atoms with van der Waals surface area (Å²) >= 11 is 0. The van der Waals surface area contributed by atoms with Crippen molar-refractivity contribution in [3.63, 3.8) is 0 Å². The molecule has 3 N–H and O–H groups in total. The number of nitrogens with zero attached hydrogens (tertiary/aromatic N) is 8. The third-order valence-electron chi connectivity index (χ3n) is 6.54. The molecule has 0 spiro atoms. The maximum atomic E-state index is 12.9. The Morgan fingerprint density at radius 1 is 0.681 bits per heavy atom. The smallest absolute Gasteiger partial charge is 0.264 e. The SMILES string of the molecule is Cc1c(N=Nc2ccc(S(=O)(=O)Nc3ncccn3)cc2)c(Nc2ccccc2)nn1-c1ccc(S(=O)(=O)Nc2ccncn2)cc1. The van der Waals surface area contributed by atoms with E-state index in [1.54, 1.807) is 29.8 Å². The Labute approximate surface area is 269 Å². The second-order valence-electron chi connectivity index (χ2n) is 9.75. The molecule has 3 aromatic carbocycles. The molecule has 15 nitrogen and oxygen atoms in total. The Morgan fingerprint density at radius 3 is 2.00 bits per heavy atom. The molecule has 17 heteroatoms. The van der Waals surface area contributed by atoms with Crippen molar-refractivity contribution < 1.29 is 16.8 Å². The molecular formula is C30H25N11O4S2. The van der Waals surface area contributed by atoms with Crippen molar-refractivity contribution in [1.82, 2.24) is 29.7 Å². The summed E-state index contributed by atoms with van der Waals surface area (Å²) < 4.78 is 57.6. The second-order valence-corrected chi connectivity index (χ2v) is 13.1. The number of benzene rings is 3. The van der Waals surface area contributed by atoms with Crippen molar-refractivity contribution in [3.05, 3.63) is 122 Å². The molecule has 0 atom stereocenters. The van der Waals surface area contributed by atoms with Crippen molar-refractivity contribution in [2.45, 2.75) is 16.7 Å². The summed E-state index contributed by atoms with van der Waals surface area (Å²) in [6.45, 7) is 1.80. The summed E-state index contributed by atoms with van der Waals surface area (Å²) in [5.41, 5.74) is 2.74. The molecule has 47 heavy (non-hydrogen) atoms. The third-order valence-corrected chi connectivity index (χ3v) is 9.25. The van der Waals surface area contributed by atoms with E-state index in [4.69, 9.17) is 5.10 Å². The van der Waals surface area contributed by atoms with E-state index in [0.717, 1.165) is 5.69 Å². The van der Waals surface area contributed by atoms with Crippen molar-refractivity contribution >= 4 is 54.7 Å². The molecule has 0 amide bonds. The number of para-hydroxylation sites is 1. The van der Waals surface area contributed by atoms with E-state index in [1.807, 2.05) is 30.3 Å². The van der Waals surface area contributed by atoms with Gasteiger partial charge in [0.05, 0.1) is 26.9 Å². The van der Waals surface area contributed by atoms with Crippen LogP contribution in [0.4, 0.5) is 34.6 Å². The highest BCUT2D eigenvalue weighted by molar-refractivity contribution is 7.93. The number of anilines is 4. The summed E-state index contributed by atoms with van der Waals surface area (Å²) in [5.74, 6) is 0.497. The molecule has 0 aliphatic heterocycles. The molecule has 0 bridgehead atoms. The lowest BCUT2D eigenvalue weighted by Crippen LogP contribution is -2.14. The Kier molecular flexibility index (Phi) is 8.63. The molecule has 0 unspecified atom stereocenters. The Hall–Kier alpha value is -6.07. The fourth-order valence-corrected chi connectivity index (χ4v) is 6.22. The largest absolute Gasteiger partial charge is 0.337 e. The summed E-state index contributed by atoms with van der Waals surface area (Å²) in [4.78, 5) is 15.5. The lowest BCUT2D eigenvalue weighted by Gasteiger charge is -2.09. The number of azo groups is 1. The zero-order valence-electron chi connectivity index (χ0n) is 24.5. The number of sulfonamides is 2. The minimum Gasteiger partial charge on any atom is -0.337 e. The molecule has 0 aliphatic rings. The molecule has 6 rings (SSSR count). The van der Waals surface area contributed by atoms with Gasteiger partial charge in [-0.2, -0.15) is 5.11 Å². The molecule has 6 aromatic rings. The Balaban J connectivity index is 1.27. The van der Waals surface area contributed by atoms with E-state index in [2.05, 4.69) is 44.9 Å². The van der Waals surface area contributed by atoms with Gasteiger partial charge in [0, 0.05) is 24.3 Å². The van der Waals surface area contributed by atoms with Crippen LogP contribution in [0.25, 0.3) is 5.69 Å². The van der Waals surface area contributed by atoms with Gasteiger partial charge < -0.3 is 5.32 Å². The van der Waals surface area contributed by atoms with E-state index in [0.29, 0.717) is 28.6 Å². The zero-order valence-corrected chi connectivity index (χ0v) is 26.1. The maximum Gasteiger partial charge on any atom is 0.264 e. The van der Waals surface area contributed by atoms with Gasteiger partial charge in [0.15, 0.2) is 11.5 Å². The zero-order chi connectivity index (χ0) is 32.9. The lowest BCUT2D eigenvalue weighted by molar-refractivity contribution is 0.599. The van der Waals surface area contributed by atoms with Gasteiger partial charge in [-0.3, -0.25) is 4.72 Å². The quantitative estimate of drug-likeness (QED) is 0.148. The standard InChI is InChI=1S/C30H25N11O4S2/c1-21-28(37-36-23-8-12-25(13-9-23)47(44,45)40-30-32-17-5-18-33-30)29(35-22-6-3-2-4-7-22)38-41(21)24-10-14-26(15-11-24)46(42,43)39-27-16-19-31-20-34-27/h2-20H,1H3,(H,35,38)(H,31,34,39)(H,32,33,40). The molecule has 236 valence electrons. The van der Waals surface area contributed by atoms with Crippen LogP contribution in [0.5, 0.6) is 0 Å². The number of hydrogen-bond donors (Lipinski definition) is 3. The Bertz CT molecular complexity index is 2230. The second kappa shape index (κ2) is 13.1. The van der Waals surface area contributed by atoms with Crippen LogP contribution in [-0.2, 0) is 20.0 Å². The van der Waals surface area contributed by atoms with E-state index < -0.39 is 20.0 Å². The average Bonchev–Trinajstić information content (AvgIpc) is 3.39. The van der Waals surface area contributed by atoms with Crippen LogP contribution in [0.1, 0.15) is 5.69 Å². The van der Waals surface area contributed by atoms with Gasteiger partial charge in [-0.1, -0.05) is 18.2 Å². The lowest BCUT2D eigenvalue weighted by atomic mass is 10.3. The van der Waals surface area contributed by atoms with Crippen LogP contribution in [0.2, 0.25) is 0 Å². The van der Waals surface area contributed by atoms with E-state index in [1.165, 1.54) is 67.4 Å². The molecule has 3 heterocycles. The molecule has 0 radical (unpaired) electrons. The minimum atomic E-state index is -3.92. The summed E-state index contributed by atoms with van der Waals surface area (Å²) in [7, 11) is -7.82. The van der Waals surface area contributed by atoms with Gasteiger partial charge in [0.1, 0.15) is 12.1 Å². The first-order chi connectivity index (χ1) is 22.7. The first kappa shape index (κ1) is 30.9. The van der Waals surface area contributed by atoms with E-state index in [9.17, 15) is 16.8 Å². The monoisotopic (exact) mass is 667 g/mol. The van der Waals surface area contributed by atoms with Crippen LogP contribution in [0, 0.1) is 6.92 Å². The van der Waals surface area contributed by atoms with Crippen molar-refractivity contribution in [2.24, 2.45) is 10.2 Å². The molecule has 0 fully saturated rings. The normalized spacial score (nSPS) is 11.8. The van der Waals surface area contributed by atoms with Crippen LogP contribution in [0.15, 0.2) is 136 Å². The fourth-order valence-electron chi connectivity index (χ4n) is 4.25. The van der Waals surface area contributed by atoms with Crippen molar-refractivity contribution in [3.8, 4) is 5.69 Å². The number of hydrogen-bond acceptors (Lipinski definition) is 12. The van der Waals surface area contributed by atoms with Gasteiger partial charge in [-0.25, -0.2) is 46.2 Å². The van der Waals surface area contributed by atoms with Crippen molar-refractivity contribution in [2.75, 3.05) is 14.8 Å². The number of rotatable bonds is 11. The molecular weight excluding hydrogens is 643 g/mol. The maximum absolute atomic E-state index is 12.9.